The zero-order chi connectivity index (χ0) is 87.6. The van der Waals surface area contributed by atoms with Crippen LogP contribution in [0.1, 0.15) is 469 Å². The summed E-state index contributed by atoms with van der Waals surface area (Å²) in [5.41, 5.74) is 0. The first kappa shape index (κ1) is 116. The molecule has 0 aromatic carbocycles. The second-order valence-corrected chi connectivity index (χ2v) is 52.3. The van der Waals surface area contributed by atoms with Gasteiger partial charge in [-0.1, -0.05) is 342 Å². The van der Waals surface area contributed by atoms with Crippen LogP contribution in [0.25, 0.3) is 0 Å². The summed E-state index contributed by atoms with van der Waals surface area (Å²) in [6, 6.07) is 0.914. The number of ether oxygens (including phenoxy) is 4. The van der Waals surface area contributed by atoms with Gasteiger partial charge < -0.3 is 32.7 Å². The number of hydrogen-bond donors (Lipinski definition) is 0. The molecule has 0 radical (unpaired) electrons. The molecule has 1 saturated heterocycles. The molecule has 1 heterocycles. The molecule has 0 bridgehead atoms. The average molecular weight is 1750 g/mol. The van der Waals surface area contributed by atoms with Crippen molar-refractivity contribution in [2.75, 3.05) is 103 Å². The van der Waals surface area contributed by atoms with E-state index in [0.717, 1.165) is 149 Å². The van der Waals surface area contributed by atoms with E-state index in [-0.39, 0.29) is 46.3 Å². The third kappa shape index (κ3) is 68.1. The number of piperazine rings is 1. The second-order valence-electron chi connectivity index (χ2n) is 40.1. The lowest BCUT2D eigenvalue weighted by molar-refractivity contribution is -0.150. The number of esters is 3. The maximum atomic E-state index is 13.1. The molecular weight excluding hydrogens is 1550 g/mol. The monoisotopic (exact) mass is 1750 g/mol. The molecule has 0 saturated carbocycles. The van der Waals surface area contributed by atoms with E-state index in [1.54, 1.807) is 0 Å². The van der Waals surface area contributed by atoms with E-state index in [9.17, 15) is 14.4 Å². The summed E-state index contributed by atoms with van der Waals surface area (Å²) >= 11 is 0. The van der Waals surface area contributed by atoms with E-state index >= 15 is 0 Å². The largest absolute Gasteiger partial charge is 0.466 e. The minimum Gasteiger partial charge on any atom is -0.466 e. The Balaban J connectivity index is 2.65. The van der Waals surface area contributed by atoms with Gasteiger partial charge in [0, 0.05) is 88.8 Å². The van der Waals surface area contributed by atoms with Gasteiger partial charge in [0.25, 0.3) is 0 Å². The Bertz CT molecular complexity index is 2190. The van der Waals surface area contributed by atoms with Gasteiger partial charge in [-0.05, 0) is 198 Å². The summed E-state index contributed by atoms with van der Waals surface area (Å²) in [7, 11) is 0.106. The van der Waals surface area contributed by atoms with E-state index in [2.05, 4.69) is 157 Å². The first-order valence-electron chi connectivity index (χ1n) is 51.9. The Hall–Kier alpha value is -0.736. The molecule has 1 fully saturated rings. The van der Waals surface area contributed by atoms with Gasteiger partial charge >= 0.3 is 17.9 Å². The lowest BCUT2D eigenvalue weighted by Gasteiger charge is -2.44. The van der Waals surface area contributed by atoms with Crippen LogP contribution in [0.3, 0.4) is 0 Å². The zero-order valence-corrected chi connectivity index (χ0v) is 86.3. The number of rotatable bonds is 88. The second kappa shape index (κ2) is 78.3. The van der Waals surface area contributed by atoms with Crippen LogP contribution in [0, 0.1) is 0 Å². The van der Waals surface area contributed by atoms with E-state index in [1.165, 1.54) is 281 Å². The Labute approximate surface area is 751 Å². The SMILES string of the molecule is CCCCCCCCCCCOC(=O)CCCCCN(CCCCCCCC(=O)OC(CCCCCCCC)CCCCCCCC)CCCCSSCCCCN1CC(C)N(CCOC(=O)CCCOCCCCN(CC(CCCCCCCCCC)O[Si](C)(C)C(C)(C)C)CC(CCCCCCCCCC)O[Si](C)(C)C(C)(C)C)CC1C. The van der Waals surface area contributed by atoms with Crippen LogP contribution in [-0.4, -0.2) is 188 Å². The third-order valence-corrected chi connectivity index (χ3v) is 38.2. The molecule has 4 atom stereocenters. The van der Waals surface area contributed by atoms with Gasteiger partial charge in [-0.25, -0.2) is 0 Å². The van der Waals surface area contributed by atoms with Gasteiger partial charge in [-0.3, -0.25) is 29.1 Å². The lowest BCUT2D eigenvalue weighted by atomic mass is 10.0. The van der Waals surface area contributed by atoms with Crippen LogP contribution in [0.15, 0.2) is 0 Å². The van der Waals surface area contributed by atoms with Crippen molar-refractivity contribution in [3.63, 3.8) is 0 Å². The van der Waals surface area contributed by atoms with Crippen molar-refractivity contribution in [2.45, 2.75) is 535 Å². The summed E-state index contributed by atoms with van der Waals surface area (Å²) in [5, 5.41) is 0.314. The Morgan fingerprint density at radius 3 is 1.07 bits per heavy atom. The zero-order valence-electron chi connectivity index (χ0n) is 82.7. The molecule has 1 aliphatic heterocycles. The fourth-order valence-corrected chi connectivity index (χ4v) is 21.5. The fourth-order valence-electron chi connectivity index (χ4n) is 16.4. The highest BCUT2D eigenvalue weighted by molar-refractivity contribution is 8.76. The predicted octanol–water partition coefficient (Wildman–Crippen LogP) is 30.3. The van der Waals surface area contributed by atoms with Gasteiger partial charge in [0.2, 0.25) is 0 Å². The van der Waals surface area contributed by atoms with Crippen LogP contribution >= 0.6 is 21.6 Å². The maximum absolute atomic E-state index is 13.1. The van der Waals surface area contributed by atoms with Gasteiger partial charge in [0.1, 0.15) is 12.7 Å². The first-order chi connectivity index (χ1) is 57.3. The molecule has 0 aromatic heterocycles. The highest BCUT2D eigenvalue weighted by Crippen LogP contribution is 2.40. The average Bonchev–Trinajstić information content (AvgIpc) is 0.829. The highest BCUT2D eigenvalue weighted by Gasteiger charge is 2.41. The molecule has 0 N–H and O–H groups in total. The number of carbonyl (C=O) groups is 3. The molecule has 119 heavy (non-hydrogen) atoms. The predicted molar refractivity (Wildman–Crippen MR) is 527 cm³/mol. The summed E-state index contributed by atoms with van der Waals surface area (Å²) in [6.45, 7) is 53.0. The molecule has 4 unspecified atom stereocenters. The summed E-state index contributed by atoms with van der Waals surface area (Å²) < 4.78 is 38.7. The van der Waals surface area contributed by atoms with Crippen molar-refractivity contribution in [3.8, 4) is 0 Å². The van der Waals surface area contributed by atoms with Gasteiger partial charge in [0.05, 0.1) is 18.8 Å². The summed E-state index contributed by atoms with van der Waals surface area (Å²) in [5.74, 6) is 2.31. The molecule has 13 nitrogen and oxygen atoms in total. The van der Waals surface area contributed by atoms with Crippen LogP contribution in [0.2, 0.25) is 36.3 Å². The van der Waals surface area contributed by atoms with Gasteiger partial charge in [-0.15, -0.1) is 0 Å². The smallest absolute Gasteiger partial charge is 0.306 e. The van der Waals surface area contributed by atoms with Crippen molar-refractivity contribution >= 4 is 56.1 Å². The van der Waals surface area contributed by atoms with Crippen molar-refractivity contribution in [2.24, 2.45) is 0 Å². The Morgan fingerprint density at radius 2 is 0.639 bits per heavy atom. The summed E-state index contributed by atoms with van der Waals surface area (Å²) in [6.07, 6.45) is 70.9. The molecule has 0 amide bonds. The van der Waals surface area contributed by atoms with Crippen molar-refractivity contribution in [3.05, 3.63) is 0 Å². The number of nitrogens with zero attached hydrogens (tertiary/aromatic N) is 4. The maximum Gasteiger partial charge on any atom is 0.306 e. The van der Waals surface area contributed by atoms with E-state index < -0.39 is 16.6 Å². The summed E-state index contributed by atoms with van der Waals surface area (Å²) in [4.78, 5) is 49.4. The third-order valence-electron chi connectivity index (χ3n) is 26.5. The van der Waals surface area contributed by atoms with Gasteiger partial charge in [0.15, 0.2) is 16.6 Å². The Kier molecular flexibility index (Phi) is 76.5. The van der Waals surface area contributed by atoms with E-state index in [0.29, 0.717) is 64.2 Å². The minimum absolute atomic E-state index is 0.0157. The van der Waals surface area contributed by atoms with Crippen molar-refractivity contribution in [1.29, 1.82) is 0 Å². The van der Waals surface area contributed by atoms with Crippen molar-refractivity contribution in [1.82, 2.24) is 19.6 Å². The topological polar surface area (TPSA) is 120 Å². The number of hydrogen-bond acceptors (Lipinski definition) is 15. The standard InChI is InChI=1S/C102H206N4O9S2Si2/c1-18-23-28-33-38-41-44-52-65-85-111-98(107)74-59-53-61-78-103(77-60-51-45-50-58-75-100(109)113-95(70-54-46-36-31-26-21-4)71-55-47-37-32-27-22-5)79-63-67-87-116-117-88-68-64-81-105-89-94(7)106(90-93(105)6)82-86-112-99(108)76-69-84-110-83-66-62-80-104(91-96(114-118(14,15)101(8,9)10)72-56-48-42-39-34-29-24-19-2)92-97(115-119(16,17)102(11,12)13)73-57-49-43-40-35-30-25-20-3/h93-97H,18-92H2,1-17H3. The van der Waals surface area contributed by atoms with E-state index in [4.69, 9.17) is 27.8 Å². The molecule has 0 aromatic rings. The molecule has 1 aliphatic rings. The van der Waals surface area contributed by atoms with Crippen LogP contribution in [0.5, 0.6) is 0 Å². The quantitative estimate of drug-likeness (QED) is 0.0189. The van der Waals surface area contributed by atoms with E-state index in [1.807, 2.05) is 0 Å². The molecule has 0 aliphatic carbocycles. The van der Waals surface area contributed by atoms with Crippen LogP contribution in [-0.2, 0) is 42.2 Å². The highest BCUT2D eigenvalue weighted by atomic mass is 33.1. The van der Waals surface area contributed by atoms with Gasteiger partial charge in [-0.2, -0.15) is 0 Å². The van der Waals surface area contributed by atoms with Crippen LogP contribution in [0.4, 0.5) is 0 Å². The molecule has 17 heteroatoms. The normalized spacial score (nSPS) is 15.3. The molecule has 0 spiro atoms. The molecule has 708 valence electrons. The number of carbonyl (C=O) groups excluding carboxylic acids is 3. The fraction of sp³-hybridized carbons (Fsp3) is 0.971. The minimum atomic E-state index is -2.01. The number of unbranched alkanes of at least 4 members (excludes halogenated alkanes) is 41. The molecule has 1 rings (SSSR count). The van der Waals surface area contributed by atoms with Crippen molar-refractivity contribution < 1.29 is 42.2 Å². The Morgan fingerprint density at radius 1 is 0.336 bits per heavy atom. The van der Waals surface area contributed by atoms with Crippen LogP contribution < -0.4 is 0 Å². The first-order valence-corrected chi connectivity index (χ1v) is 60.2. The molecular formula is C102H206N4O9S2Si2. The lowest BCUT2D eigenvalue weighted by Crippen LogP contribution is -2.57.